The first kappa shape index (κ1) is 11.0. The van der Waals surface area contributed by atoms with Crippen LogP contribution in [0.3, 0.4) is 0 Å². The van der Waals surface area contributed by atoms with Crippen molar-refractivity contribution in [3.8, 4) is 0 Å². The zero-order chi connectivity index (χ0) is 11.0. The van der Waals surface area contributed by atoms with Crippen LogP contribution in [-0.4, -0.2) is 22.5 Å². The SMILES string of the molecule is CC(=O)NC1(C(=O)O)CCC(C)(C)C1. The first-order valence-corrected chi connectivity index (χ1v) is 4.80. The van der Waals surface area contributed by atoms with Crippen molar-refractivity contribution >= 4 is 11.9 Å². The summed E-state index contributed by atoms with van der Waals surface area (Å²) in [5, 5.41) is 11.7. The first-order chi connectivity index (χ1) is 6.27. The molecule has 0 bridgehead atoms. The molecule has 1 amide bonds. The molecule has 0 radical (unpaired) electrons. The fourth-order valence-corrected chi connectivity index (χ4v) is 2.23. The van der Waals surface area contributed by atoms with Crippen LogP contribution in [0.2, 0.25) is 0 Å². The van der Waals surface area contributed by atoms with E-state index in [1.807, 2.05) is 13.8 Å². The largest absolute Gasteiger partial charge is 0.480 e. The highest BCUT2D eigenvalue weighted by atomic mass is 16.4. The Morgan fingerprint density at radius 2 is 1.86 bits per heavy atom. The number of carboxylic acids is 1. The number of nitrogens with one attached hydrogen (secondary N) is 1. The molecular formula is C10H17NO3. The van der Waals surface area contributed by atoms with Crippen molar-refractivity contribution < 1.29 is 14.7 Å². The molecule has 1 aliphatic carbocycles. The van der Waals surface area contributed by atoms with Crippen LogP contribution in [0.4, 0.5) is 0 Å². The van der Waals surface area contributed by atoms with E-state index in [1.54, 1.807) is 0 Å². The lowest BCUT2D eigenvalue weighted by Crippen LogP contribution is -2.52. The van der Waals surface area contributed by atoms with Crippen LogP contribution in [0.1, 0.15) is 40.0 Å². The molecule has 0 saturated heterocycles. The molecule has 2 N–H and O–H groups in total. The molecule has 1 atom stereocenters. The van der Waals surface area contributed by atoms with Gasteiger partial charge >= 0.3 is 5.97 Å². The Morgan fingerprint density at radius 3 is 2.14 bits per heavy atom. The van der Waals surface area contributed by atoms with Gasteiger partial charge in [-0.05, 0) is 24.7 Å². The number of rotatable bonds is 2. The number of carboxylic acid groups (broad SMARTS) is 1. The van der Waals surface area contributed by atoms with Gasteiger partial charge in [-0.2, -0.15) is 0 Å². The Kier molecular flexibility index (Phi) is 2.56. The Bertz CT molecular complexity index is 273. The Hall–Kier alpha value is -1.06. The van der Waals surface area contributed by atoms with Gasteiger partial charge in [-0.3, -0.25) is 4.79 Å². The number of hydrogen-bond acceptors (Lipinski definition) is 2. The summed E-state index contributed by atoms with van der Waals surface area (Å²) in [7, 11) is 0. The van der Waals surface area contributed by atoms with Crippen molar-refractivity contribution in [3.63, 3.8) is 0 Å². The average Bonchev–Trinajstić information content (AvgIpc) is 2.26. The third-order valence-corrected chi connectivity index (χ3v) is 2.83. The minimum atomic E-state index is -1.03. The third kappa shape index (κ3) is 2.05. The van der Waals surface area contributed by atoms with Gasteiger partial charge in [0.15, 0.2) is 0 Å². The first-order valence-electron chi connectivity index (χ1n) is 4.80. The zero-order valence-corrected chi connectivity index (χ0v) is 8.89. The summed E-state index contributed by atoms with van der Waals surface area (Å²) in [4.78, 5) is 22.1. The maximum absolute atomic E-state index is 11.1. The molecule has 1 rings (SSSR count). The standard InChI is InChI=1S/C10H17NO3/c1-7(12)11-10(8(13)14)5-4-9(2,3)6-10/h4-6H2,1-3H3,(H,11,12)(H,13,14). The Labute approximate surface area is 83.7 Å². The van der Waals surface area contributed by atoms with Gasteiger partial charge in [0.2, 0.25) is 5.91 Å². The Balaban J connectivity index is 2.86. The monoisotopic (exact) mass is 199 g/mol. The second-order valence-electron chi connectivity index (χ2n) is 4.91. The number of carbonyl (C=O) groups excluding carboxylic acids is 1. The second-order valence-corrected chi connectivity index (χ2v) is 4.91. The lowest BCUT2D eigenvalue weighted by atomic mass is 9.87. The van der Waals surface area contributed by atoms with Crippen molar-refractivity contribution in [2.75, 3.05) is 0 Å². The third-order valence-electron chi connectivity index (χ3n) is 2.83. The minimum Gasteiger partial charge on any atom is -0.480 e. The van der Waals surface area contributed by atoms with E-state index in [0.29, 0.717) is 12.8 Å². The molecular weight excluding hydrogens is 182 g/mol. The van der Waals surface area contributed by atoms with Crippen molar-refractivity contribution in [2.24, 2.45) is 5.41 Å². The van der Waals surface area contributed by atoms with Crippen LogP contribution in [0.15, 0.2) is 0 Å². The van der Waals surface area contributed by atoms with Crippen LogP contribution in [-0.2, 0) is 9.59 Å². The molecule has 0 aromatic rings. The van der Waals surface area contributed by atoms with E-state index in [1.165, 1.54) is 6.92 Å². The van der Waals surface area contributed by atoms with Crippen molar-refractivity contribution in [1.29, 1.82) is 0 Å². The second kappa shape index (κ2) is 3.26. The highest BCUT2D eigenvalue weighted by molar-refractivity contribution is 5.86. The van der Waals surface area contributed by atoms with E-state index >= 15 is 0 Å². The van der Waals surface area contributed by atoms with Crippen LogP contribution >= 0.6 is 0 Å². The van der Waals surface area contributed by atoms with Gasteiger partial charge in [-0.15, -0.1) is 0 Å². The van der Waals surface area contributed by atoms with E-state index < -0.39 is 11.5 Å². The smallest absolute Gasteiger partial charge is 0.329 e. The lowest BCUT2D eigenvalue weighted by molar-refractivity contribution is -0.147. The van der Waals surface area contributed by atoms with Gasteiger partial charge in [0, 0.05) is 6.92 Å². The molecule has 4 heteroatoms. The maximum Gasteiger partial charge on any atom is 0.329 e. The summed E-state index contributed by atoms with van der Waals surface area (Å²) in [6.45, 7) is 5.41. The minimum absolute atomic E-state index is 0.000833. The van der Waals surface area contributed by atoms with E-state index in [9.17, 15) is 9.59 Å². The maximum atomic E-state index is 11.1. The molecule has 4 nitrogen and oxygen atoms in total. The fraction of sp³-hybridized carbons (Fsp3) is 0.800. The number of aliphatic carboxylic acids is 1. The molecule has 1 fully saturated rings. The molecule has 0 aromatic heterocycles. The van der Waals surface area contributed by atoms with Crippen LogP contribution in [0, 0.1) is 5.41 Å². The molecule has 1 aliphatic rings. The van der Waals surface area contributed by atoms with Gasteiger partial charge in [0.1, 0.15) is 5.54 Å². The molecule has 1 unspecified atom stereocenters. The van der Waals surface area contributed by atoms with E-state index in [4.69, 9.17) is 5.11 Å². The van der Waals surface area contributed by atoms with Crippen LogP contribution < -0.4 is 5.32 Å². The summed E-state index contributed by atoms with van der Waals surface area (Å²) in [6.07, 6.45) is 1.86. The summed E-state index contributed by atoms with van der Waals surface area (Å²) in [5.41, 5.74) is -1.03. The predicted octanol–water partition coefficient (Wildman–Crippen LogP) is 1.16. The van der Waals surface area contributed by atoms with Crippen LogP contribution in [0.25, 0.3) is 0 Å². The number of hydrogen-bond donors (Lipinski definition) is 2. The van der Waals surface area contributed by atoms with Gasteiger partial charge in [0.05, 0.1) is 0 Å². The highest BCUT2D eigenvalue weighted by Crippen LogP contribution is 2.43. The summed E-state index contributed by atoms with van der Waals surface area (Å²) < 4.78 is 0. The fourth-order valence-electron chi connectivity index (χ4n) is 2.23. The summed E-state index contributed by atoms with van der Waals surface area (Å²) in [5.74, 6) is -1.19. The normalized spacial score (nSPS) is 29.9. The molecule has 0 spiro atoms. The summed E-state index contributed by atoms with van der Waals surface area (Å²) in [6, 6.07) is 0. The topological polar surface area (TPSA) is 66.4 Å². The molecule has 1 saturated carbocycles. The quantitative estimate of drug-likeness (QED) is 0.701. The predicted molar refractivity (Wildman–Crippen MR) is 51.8 cm³/mol. The summed E-state index contributed by atoms with van der Waals surface area (Å²) >= 11 is 0. The Morgan fingerprint density at radius 1 is 1.29 bits per heavy atom. The molecule has 0 aliphatic heterocycles. The van der Waals surface area contributed by atoms with Gasteiger partial charge < -0.3 is 10.4 Å². The van der Waals surface area contributed by atoms with Gasteiger partial charge in [0.25, 0.3) is 0 Å². The van der Waals surface area contributed by atoms with E-state index in [2.05, 4.69) is 5.32 Å². The van der Waals surface area contributed by atoms with E-state index in [0.717, 1.165) is 6.42 Å². The average molecular weight is 199 g/mol. The molecule has 0 aromatic carbocycles. The van der Waals surface area contributed by atoms with Gasteiger partial charge in [-0.1, -0.05) is 13.8 Å². The van der Waals surface area contributed by atoms with Gasteiger partial charge in [-0.25, -0.2) is 4.79 Å². The zero-order valence-electron chi connectivity index (χ0n) is 8.89. The molecule has 0 heterocycles. The van der Waals surface area contributed by atoms with Crippen LogP contribution in [0.5, 0.6) is 0 Å². The van der Waals surface area contributed by atoms with Crippen molar-refractivity contribution in [3.05, 3.63) is 0 Å². The lowest BCUT2D eigenvalue weighted by Gasteiger charge is -2.27. The van der Waals surface area contributed by atoms with E-state index in [-0.39, 0.29) is 11.3 Å². The number of amides is 1. The molecule has 80 valence electrons. The van der Waals surface area contributed by atoms with Crippen molar-refractivity contribution in [2.45, 2.75) is 45.6 Å². The number of carbonyl (C=O) groups is 2. The van der Waals surface area contributed by atoms with Crippen molar-refractivity contribution in [1.82, 2.24) is 5.32 Å². The molecule has 14 heavy (non-hydrogen) atoms. The highest BCUT2D eigenvalue weighted by Gasteiger charge is 2.49.